The lowest BCUT2D eigenvalue weighted by Crippen LogP contribution is -3.12. The number of fused-ring (bicyclic) bond motifs is 1. The number of amides is 1. The number of rotatable bonds is 7. The highest BCUT2D eigenvalue weighted by Gasteiger charge is 2.27. The van der Waals surface area contributed by atoms with Crippen LogP contribution in [0.5, 0.6) is 0 Å². The highest BCUT2D eigenvalue weighted by Crippen LogP contribution is 2.30. The molecule has 1 aromatic heterocycles. The Morgan fingerprint density at radius 3 is 2.81 bits per heavy atom. The van der Waals surface area contributed by atoms with Crippen molar-refractivity contribution in [2.24, 2.45) is 0 Å². The molecule has 1 amide bonds. The summed E-state index contributed by atoms with van der Waals surface area (Å²) in [4.78, 5) is 20.9. The molecule has 1 aliphatic heterocycles. The zero-order valence-corrected chi connectivity index (χ0v) is 16.4. The molecular weight excluding hydrogens is 350 g/mol. The maximum atomic E-state index is 13.0. The molecule has 2 aromatic rings. The van der Waals surface area contributed by atoms with Crippen LogP contribution in [0.2, 0.25) is 0 Å². The minimum atomic E-state index is -0.188. The van der Waals surface area contributed by atoms with Gasteiger partial charge < -0.3 is 14.4 Å². The second-order valence-corrected chi connectivity index (χ2v) is 7.34. The normalized spacial score (nSPS) is 14.1. The van der Waals surface area contributed by atoms with Crippen molar-refractivity contribution in [2.45, 2.75) is 20.8 Å². The molecule has 0 fully saturated rings. The average Bonchev–Trinajstić information content (AvgIpc) is 3.08. The monoisotopic (exact) mass is 376 g/mol. The molecule has 6 nitrogen and oxygen atoms in total. The second-order valence-electron chi connectivity index (χ2n) is 6.33. The van der Waals surface area contributed by atoms with Crippen molar-refractivity contribution in [3.05, 3.63) is 35.8 Å². The standard InChI is InChI=1S/C19H25N3O3S/c1-4-21(5-2)8-9-22(18(23)16-13-24-10-11-25-16)19-20-15-7-6-14(3)12-17(15)26-19/h6-7,12-13H,4-5,8-11H2,1-3H3/p+1. The number of thiazole rings is 1. The Morgan fingerprint density at radius 1 is 1.31 bits per heavy atom. The fourth-order valence-corrected chi connectivity index (χ4v) is 3.99. The molecule has 1 aliphatic rings. The summed E-state index contributed by atoms with van der Waals surface area (Å²) in [5.41, 5.74) is 2.10. The second kappa shape index (κ2) is 8.51. The summed E-state index contributed by atoms with van der Waals surface area (Å²) in [6, 6.07) is 6.15. The van der Waals surface area contributed by atoms with Gasteiger partial charge in [0, 0.05) is 0 Å². The lowest BCUT2D eigenvalue weighted by molar-refractivity contribution is -0.894. The fourth-order valence-electron chi connectivity index (χ4n) is 2.91. The zero-order chi connectivity index (χ0) is 18.5. The number of hydrogen-bond acceptors (Lipinski definition) is 5. The molecule has 0 radical (unpaired) electrons. The van der Waals surface area contributed by atoms with Crippen molar-refractivity contribution in [3.8, 4) is 0 Å². The molecule has 26 heavy (non-hydrogen) atoms. The molecule has 7 heteroatoms. The summed E-state index contributed by atoms with van der Waals surface area (Å²) >= 11 is 1.54. The molecule has 0 aliphatic carbocycles. The first-order chi connectivity index (χ1) is 12.6. The zero-order valence-electron chi connectivity index (χ0n) is 15.6. The molecule has 1 N–H and O–H groups in total. The van der Waals surface area contributed by atoms with E-state index < -0.39 is 0 Å². The number of carbonyl (C=O) groups is 1. The van der Waals surface area contributed by atoms with Gasteiger partial charge in [-0.25, -0.2) is 4.98 Å². The summed E-state index contributed by atoms with van der Waals surface area (Å²) < 4.78 is 11.9. The fraction of sp³-hybridized carbons (Fsp3) is 0.474. The van der Waals surface area contributed by atoms with E-state index in [1.165, 1.54) is 28.1 Å². The quantitative estimate of drug-likeness (QED) is 0.800. The Bertz CT molecular complexity index is 798. The molecule has 0 atom stereocenters. The summed E-state index contributed by atoms with van der Waals surface area (Å²) in [5.74, 6) is 0.0632. The Hall–Kier alpha value is -2.12. The summed E-state index contributed by atoms with van der Waals surface area (Å²) in [5, 5.41) is 0.706. The third kappa shape index (κ3) is 4.16. The molecule has 0 saturated heterocycles. The Morgan fingerprint density at radius 2 is 2.12 bits per heavy atom. The van der Waals surface area contributed by atoms with Crippen molar-refractivity contribution in [1.29, 1.82) is 0 Å². The molecule has 0 saturated carbocycles. The number of nitrogens with zero attached hydrogens (tertiary/aromatic N) is 2. The first-order valence-electron chi connectivity index (χ1n) is 9.09. The van der Waals surface area contributed by atoms with Crippen LogP contribution in [0.25, 0.3) is 10.2 Å². The molecule has 0 unspecified atom stereocenters. The van der Waals surface area contributed by atoms with Crippen molar-refractivity contribution >= 4 is 32.6 Å². The van der Waals surface area contributed by atoms with Crippen LogP contribution in [-0.2, 0) is 14.3 Å². The van der Waals surface area contributed by atoms with Crippen LogP contribution in [0.4, 0.5) is 5.13 Å². The molecule has 140 valence electrons. The molecule has 3 rings (SSSR count). The molecule has 2 heterocycles. The van der Waals surface area contributed by atoms with Gasteiger partial charge in [0.25, 0.3) is 5.91 Å². The van der Waals surface area contributed by atoms with Crippen molar-refractivity contribution in [3.63, 3.8) is 0 Å². The van der Waals surface area contributed by atoms with Crippen LogP contribution >= 0.6 is 11.3 Å². The van der Waals surface area contributed by atoms with Gasteiger partial charge >= 0.3 is 0 Å². The van der Waals surface area contributed by atoms with E-state index in [-0.39, 0.29) is 11.7 Å². The van der Waals surface area contributed by atoms with Gasteiger partial charge in [-0.05, 0) is 38.5 Å². The lowest BCUT2D eigenvalue weighted by atomic mass is 10.2. The van der Waals surface area contributed by atoms with Crippen LogP contribution in [0, 0.1) is 6.92 Å². The van der Waals surface area contributed by atoms with E-state index in [0.717, 1.165) is 29.9 Å². The smallest absolute Gasteiger partial charge is 0.298 e. The molecule has 0 spiro atoms. The van der Waals surface area contributed by atoms with Crippen LogP contribution in [0.3, 0.4) is 0 Å². The molecular formula is C19H26N3O3S+. The lowest BCUT2D eigenvalue weighted by Gasteiger charge is -2.24. The maximum Gasteiger partial charge on any atom is 0.298 e. The van der Waals surface area contributed by atoms with E-state index in [0.29, 0.717) is 24.9 Å². The number of ether oxygens (including phenoxy) is 2. The highest BCUT2D eigenvalue weighted by molar-refractivity contribution is 7.22. The van der Waals surface area contributed by atoms with Gasteiger partial charge in [0.1, 0.15) is 19.5 Å². The number of quaternary nitrogens is 1. The van der Waals surface area contributed by atoms with Crippen molar-refractivity contribution in [2.75, 3.05) is 44.3 Å². The van der Waals surface area contributed by atoms with Crippen LogP contribution in [0.15, 0.2) is 30.2 Å². The number of anilines is 1. The topological polar surface area (TPSA) is 56.1 Å². The minimum absolute atomic E-state index is 0.188. The number of likely N-dealkylation sites (N-methyl/N-ethyl adjacent to an activating group) is 1. The Kier molecular flexibility index (Phi) is 6.11. The van der Waals surface area contributed by atoms with Gasteiger partial charge in [0.05, 0.1) is 36.4 Å². The summed E-state index contributed by atoms with van der Waals surface area (Å²) in [7, 11) is 0. The van der Waals surface area contributed by atoms with Crippen LogP contribution in [0.1, 0.15) is 19.4 Å². The number of aryl methyl sites for hydroxylation is 1. The largest absolute Gasteiger partial charge is 0.494 e. The number of aromatic nitrogens is 1. The number of carbonyl (C=O) groups excluding carboxylic acids is 1. The highest BCUT2D eigenvalue weighted by atomic mass is 32.1. The van der Waals surface area contributed by atoms with E-state index >= 15 is 0 Å². The summed E-state index contributed by atoms with van der Waals surface area (Å²) in [6.45, 7) is 10.8. The average molecular weight is 377 g/mol. The van der Waals surface area contributed by atoms with Crippen molar-refractivity contribution in [1.82, 2.24) is 4.98 Å². The van der Waals surface area contributed by atoms with Gasteiger partial charge in [-0.3, -0.25) is 9.69 Å². The third-order valence-electron chi connectivity index (χ3n) is 4.56. The predicted octanol–water partition coefficient (Wildman–Crippen LogP) is 1.75. The first kappa shape index (κ1) is 18.7. The number of hydrogen-bond donors (Lipinski definition) is 1. The van der Waals surface area contributed by atoms with E-state index in [1.807, 2.05) is 12.1 Å². The van der Waals surface area contributed by atoms with E-state index in [9.17, 15) is 4.79 Å². The van der Waals surface area contributed by atoms with Gasteiger partial charge in [0.15, 0.2) is 5.13 Å². The van der Waals surface area contributed by atoms with E-state index in [1.54, 1.807) is 4.90 Å². The minimum Gasteiger partial charge on any atom is -0.494 e. The SMILES string of the molecule is CC[NH+](CC)CCN(C(=O)C1=COCCO1)c1nc2ccc(C)cc2s1. The Balaban J connectivity index is 1.89. The first-order valence-corrected chi connectivity index (χ1v) is 9.91. The molecule has 0 bridgehead atoms. The predicted molar refractivity (Wildman–Crippen MR) is 104 cm³/mol. The third-order valence-corrected chi connectivity index (χ3v) is 5.60. The van der Waals surface area contributed by atoms with Crippen LogP contribution in [-0.4, -0.2) is 50.3 Å². The molecule has 1 aromatic carbocycles. The van der Waals surface area contributed by atoms with Crippen LogP contribution < -0.4 is 9.80 Å². The van der Waals surface area contributed by atoms with E-state index in [2.05, 4.69) is 26.8 Å². The Labute approximate surface area is 158 Å². The van der Waals surface area contributed by atoms with Gasteiger partial charge in [0.2, 0.25) is 5.76 Å². The maximum absolute atomic E-state index is 13.0. The van der Waals surface area contributed by atoms with E-state index in [4.69, 9.17) is 14.5 Å². The summed E-state index contributed by atoms with van der Waals surface area (Å²) in [6.07, 6.45) is 1.42. The number of benzene rings is 1. The van der Waals surface area contributed by atoms with Gasteiger partial charge in [-0.15, -0.1) is 0 Å². The number of nitrogens with one attached hydrogen (secondary N) is 1. The van der Waals surface area contributed by atoms with Crippen molar-refractivity contribution < 1.29 is 19.2 Å². The van der Waals surface area contributed by atoms with Gasteiger partial charge in [-0.1, -0.05) is 17.4 Å². The van der Waals surface area contributed by atoms with Gasteiger partial charge in [-0.2, -0.15) is 0 Å².